The molecule has 5 aromatic rings. The Balaban J connectivity index is 1.39. The Bertz CT molecular complexity index is 1450. The average molecular weight is 412 g/mol. The highest BCUT2D eigenvalue weighted by Gasteiger charge is 2.14. The molecule has 9 nitrogen and oxygen atoms in total. The van der Waals surface area contributed by atoms with E-state index < -0.39 is 4.92 Å². The van der Waals surface area contributed by atoms with Crippen molar-refractivity contribution < 1.29 is 9.72 Å². The number of benzene rings is 3. The molecule has 0 atom stereocenters. The molecule has 0 fully saturated rings. The van der Waals surface area contributed by atoms with Crippen LogP contribution in [-0.4, -0.2) is 30.6 Å². The van der Waals surface area contributed by atoms with Crippen LogP contribution in [0.25, 0.3) is 27.8 Å². The fraction of sp³-hybridized carbons (Fsp3) is 0.0455. The number of hydrogen-bond donors (Lipinski definition) is 2. The highest BCUT2D eigenvalue weighted by Crippen LogP contribution is 2.24. The lowest BCUT2D eigenvalue weighted by atomic mass is 10.1. The largest absolute Gasteiger partial charge is 0.348 e. The first kappa shape index (κ1) is 18.5. The van der Waals surface area contributed by atoms with Gasteiger partial charge in [0, 0.05) is 29.6 Å². The van der Waals surface area contributed by atoms with Gasteiger partial charge in [0.25, 0.3) is 11.6 Å². The Morgan fingerprint density at radius 3 is 2.84 bits per heavy atom. The number of para-hydroxylation sites is 1. The number of aromatic nitrogens is 4. The second-order valence-electron chi connectivity index (χ2n) is 7.02. The normalized spacial score (nSPS) is 11.1. The number of nitrogens with one attached hydrogen (secondary N) is 2. The van der Waals surface area contributed by atoms with Crippen molar-refractivity contribution in [2.75, 3.05) is 0 Å². The summed E-state index contributed by atoms with van der Waals surface area (Å²) in [5.41, 5.74) is 3.51. The van der Waals surface area contributed by atoms with Gasteiger partial charge in [-0.2, -0.15) is 5.10 Å². The predicted octanol–water partition coefficient (Wildman–Crippen LogP) is 3.74. The summed E-state index contributed by atoms with van der Waals surface area (Å²) in [6, 6.07) is 19.3. The molecule has 0 saturated heterocycles. The van der Waals surface area contributed by atoms with Gasteiger partial charge < -0.3 is 5.32 Å². The van der Waals surface area contributed by atoms with Crippen molar-refractivity contribution in [3.63, 3.8) is 0 Å². The van der Waals surface area contributed by atoms with Crippen molar-refractivity contribution in [1.29, 1.82) is 0 Å². The van der Waals surface area contributed by atoms with Crippen molar-refractivity contribution in [1.82, 2.24) is 25.1 Å². The van der Waals surface area contributed by atoms with Crippen LogP contribution < -0.4 is 5.32 Å². The van der Waals surface area contributed by atoms with E-state index in [0.717, 1.165) is 22.2 Å². The van der Waals surface area contributed by atoms with Crippen LogP contribution in [0.5, 0.6) is 0 Å². The molecule has 0 aliphatic rings. The second kappa shape index (κ2) is 7.38. The molecule has 0 aliphatic heterocycles. The van der Waals surface area contributed by atoms with Gasteiger partial charge in [0.2, 0.25) is 0 Å². The second-order valence-corrected chi connectivity index (χ2v) is 7.02. The number of hydrogen-bond acceptors (Lipinski definition) is 5. The quantitative estimate of drug-likeness (QED) is 0.337. The van der Waals surface area contributed by atoms with Gasteiger partial charge in [-0.15, -0.1) is 0 Å². The summed E-state index contributed by atoms with van der Waals surface area (Å²) < 4.78 is 1.87. The molecular weight excluding hydrogens is 396 g/mol. The maximum atomic E-state index is 12.6. The van der Waals surface area contributed by atoms with E-state index in [1.54, 1.807) is 30.6 Å². The number of non-ortho nitro benzene ring substituents is 1. The molecule has 0 saturated carbocycles. The third kappa shape index (κ3) is 3.38. The molecule has 3 aromatic carbocycles. The lowest BCUT2D eigenvalue weighted by Gasteiger charge is -2.06. The third-order valence-electron chi connectivity index (χ3n) is 5.06. The summed E-state index contributed by atoms with van der Waals surface area (Å²) in [7, 11) is 0. The van der Waals surface area contributed by atoms with Crippen LogP contribution in [-0.2, 0) is 6.54 Å². The van der Waals surface area contributed by atoms with E-state index in [0.29, 0.717) is 16.6 Å². The number of aromatic amines is 1. The van der Waals surface area contributed by atoms with Crippen molar-refractivity contribution in [3.05, 3.63) is 94.3 Å². The Labute approximate surface area is 175 Å². The van der Waals surface area contributed by atoms with Crippen LogP contribution in [0.4, 0.5) is 5.69 Å². The van der Waals surface area contributed by atoms with Crippen LogP contribution in [0, 0.1) is 10.1 Å². The number of imidazole rings is 1. The molecule has 2 heterocycles. The molecule has 2 aromatic heterocycles. The van der Waals surface area contributed by atoms with Crippen molar-refractivity contribution >= 4 is 33.5 Å². The molecule has 2 N–H and O–H groups in total. The fourth-order valence-electron chi connectivity index (χ4n) is 3.52. The van der Waals surface area contributed by atoms with E-state index in [1.807, 2.05) is 34.9 Å². The first-order valence-electron chi connectivity index (χ1n) is 9.52. The lowest BCUT2D eigenvalue weighted by Crippen LogP contribution is -2.22. The first-order chi connectivity index (χ1) is 15.1. The van der Waals surface area contributed by atoms with Crippen molar-refractivity contribution in [2.24, 2.45) is 0 Å². The first-order valence-corrected chi connectivity index (χ1v) is 9.52. The van der Waals surface area contributed by atoms with Gasteiger partial charge in [0.05, 0.1) is 21.5 Å². The molecular formula is C22H16N6O3. The molecule has 1 amide bonds. The van der Waals surface area contributed by atoms with Gasteiger partial charge in [0.1, 0.15) is 6.33 Å². The SMILES string of the molecule is O=C(NCc1cccc([N+](=O)[O-])c1)c1ccc2c(c1)ncn2-c1n[nH]c2ccccc12. The van der Waals surface area contributed by atoms with Gasteiger partial charge in [-0.1, -0.05) is 24.3 Å². The molecule has 0 unspecified atom stereocenters. The Morgan fingerprint density at radius 1 is 1.10 bits per heavy atom. The zero-order valence-electron chi connectivity index (χ0n) is 16.1. The minimum atomic E-state index is -0.460. The number of rotatable bonds is 5. The van der Waals surface area contributed by atoms with E-state index in [4.69, 9.17) is 0 Å². The Morgan fingerprint density at radius 2 is 1.97 bits per heavy atom. The van der Waals surface area contributed by atoms with Crippen LogP contribution in [0.15, 0.2) is 73.1 Å². The van der Waals surface area contributed by atoms with Crippen LogP contribution in [0.2, 0.25) is 0 Å². The Kier molecular flexibility index (Phi) is 4.40. The standard InChI is InChI=1S/C22H16N6O3/c29-22(23-12-14-4-3-5-16(10-14)28(30)31)15-8-9-20-19(11-15)24-13-27(20)21-17-6-1-2-7-18(17)25-26-21/h1-11,13H,12H2,(H,23,29)(H,25,26). The van der Waals surface area contributed by atoms with Gasteiger partial charge >= 0.3 is 0 Å². The van der Waals surface area contributed by atoms with Crippen LogP contribution in [0.3, 0.4) is 0 Å². The number of fused-ring (bicyclic) bond motifs is 2. The number of nitrogens with zero attached hydrogens (tertiary/aromatic N) is 4. The molecule has 0 bridgehead atoms. The maximum absolute atomic E-state index is 12.6. The smallest absolute Gasteiger partial charge is 0.269 e. The molecule has 152 valence electrons. The van der Waals surface area contributed by atoms with Crippen LogP contribution >= 0.6 is 0 Å². The molecule has 9 heteroatoms. The van der Waals surface area contributed by atoms with E-state index >= 15 is 0 Å². The highest BCUT2D eigenvalue weighted by molar-refractivity contribution is 5.98. The summed E-state index contributed by atoms with van der Waals surface area (Å²) in [5.74, 6) is 0.453. The summed E-state index contributed by atoms with van der Waals surface area (Å²) >= 11 is 0. The lowest BCUT2D eigenvalue weighted by molar-refractivity contribution is -0.384. The number of carbonyl (C=O) groups is 1. The highest BCUT2D eigenvalue weighted by atomic mass is 16.6. The monoisotopic (exact) mass is 412 g/mol. The van der Waals surface area contributed by atoms with E-state index in [-0.39, 0.29) is 18.1 Å². The van der Waals surface area contributed by atoms with Crippen LogP contribution in [0.1, 0.15) is 15.9 Å². The third-order valence-corrected chi connectivity index (χ3v) is 5.06. The fourth-order valence-corrected chi connectivity index (χ4v) is 3.52. The van der Waals surface area contributed by atoms with Gasteiger partial charge in [-0.25, -0.2) is 4.98 Å². The van der Waals surface area contributed by atoms with Gasteiger partial charge in [-0.3, -0.25) is 24.6 Å². The molecule has 31 heavy (non-hydrogen) atoms. The average Bonchev–Trinajstić information content (AvgIpc) is 3.41. The minimum absolute atomic E-state index is 0.00963. The number of amides is 1. The number of H-pyrrole nitrogens is 1. The number of carbonyl (C=O) groups excluding carboxylic acids is 1. The summed E-state index contributed by atoms with van der Waals surface area (Å²) in [6.07, 6.45) is 1.68. The van der Waals surface area contributed by atoms with E-state index in [1.165, 1.54) is 12.1 Å². The van der Waals surface area contributed by atoms with E-state index in [9.17, 15) is 14.9 Å². The zero-order valence-corrected chi connectivity index (χ0v) is 16.1. The maximum Gasteiger partial charge on any atom is 0.269 e. The summed E-state index contributed by atoms with van der Waals surface area (Å²) in [4.78, 5) is 27.5. The van der Waals surface area contributed by atoms with Gasteiger partial charge in [0.15, 0.2) is 5.82 Å². The van der Waals surface area contributed by atoms with Gasteiger partial charge in [-0.05, 0) is 35.9 Å². The van der Waals surface area contributed by atoms with Crippen molar-refractivity contribution in [2.45, 2.75) is 6.54 Å². The topological polar surface area (TPSA) is 119 Å². The number of nitro benzene ring substituents is 1. The predicted molar refractivity (Wildman–Crippen MR) is 115 cm³/mol. The molecule has 5 rings (SSSR count). The minimum Gasteiger partial charge on any atom is -0.348 e. The van der Waals surface area contributed by atoms with Crippen molar-refractivity contribution in [3.8, 4) is 5.82 Å². The Hall–Kier alpha value is -4.53. The summed E-state index contributed by atoms with van der Waals surface area (Å²) in [6.45, 7) is 0.187. The summed E-state index contributed by atoms with van der Waals surface area (Å²) in [5, 5.41) is 22.1. The molecule has 0 aliphatic carbocycles. The zero-order chi connectivity index (χ0) is 21.4. The molecule has 0 radical (unpaired) electrons. The molecule has 0 spiro atoms. The van der Waals surface area contributed by atoms with E-state index in [2.05, 4.69) is 20.5 Å². The number of nitro groups is 1.